The van der Waals surface area contributed by atoms with Crippen LogP contribution in [0.15, 0.2) is 36.4 Å². The second-order valence-corrected chi connectivity index (χ2v) is 6.45. The molecule has 3 rings (SSSR count). The molecule has 0 spiro atoms. The SMILES string of the molecule is COc1ccc(C)cc1CN(C)CC(=O)NCc1ccc2c(c1)OCO2. The molecule has 0 fully saturated rings. The molecule has 1 heterocycles. The molecule has 2 aromatic rings. The fourth-order valence-corrected chi connectivity index (χ4v) is 2.93. The van der Waals surface area contributed by atoms with Gasteiger partial charge in [-0.3, -0.25) is 9.69 Å². The van der Waals surface area contributed by atoms with Crippen molar-refractivity contribution in [3.05, 3.63) is 53.1 Å². The van der Waals surface area contributed by atoms with Gasteiger partial charge in [-0.05, 0) is 37.7 Å². The topological polar surface area (TPSA) is 60.0 Å². The Morgan fingerprint density at radius 2 is 2.00 bits per heavy atom. The number of hydrogen-bond donors (Lipinski definition) is 1. The van der Waals surface area contributed by atoms with Crippen LogP contribution in [0.2, 0.25) is 0 Å². The number of nitrogens with zero attached hydrogens (tertiary/aromatic N) is 1. The fraction of sp³-hybridized carbons (Fsp3) is 0.350. The number of likely N-dealkylation sites (N-methyl/N-ethyl adjacent to an activating group) is 1. The zero-order valence-corrected chi connectivity index (χ0v) is 15.4. The van der Waals surface area contributed by atoms with Crippen molar-refractivity contribution in [1.29, 1.82) is 0 Å². The van der Waals surface area contributed by atoms with Crippen molar-refractivity contribution in [3.8, 4) is 17.2 Å². The molecule has 0 aromatic heterocycles. The summed E-state index contributed by atoms with van der Waals surface area (Å²) in [6, 6.07) is 11.7. The highest BCUT2D eigenvalue weighted by molar-refractivity contribution is 5.78. The highest BCUT2D eigenvalue weighted by Crippen LogP contribution is 2.32. The molecule has 0 unspecified atom stereocenters. The van der Waals surface area contributed by atoms with Gasteiger partial charge in [-0.2, -0.15) is 0 Å². The Hall–Kier alpha value is -2.73. The molecule has 1 aliphatic heterocycles. The number of rotatable bonds is 7. The number of amides is 1. The number of benzene rings is 2. The van der Waals surface area contributed by atoms with Crippen LogP contribution < -0.4 is 19.5 Å². The van der Waals surface area contributed by atoms with Crippen LogP contribution in [0.3, 0.4) is 0 Å². The Bertz CT molecular complexity index is 791. The van der Waals surface area contributed by atoms with E-state index in [-0.39, 0.29) is 12.7 Å². The summed E-state index contributed by atoms with van der Waals surface area (Å²) in [6.07, 6.45) is 0. The van der Waals surface area contributed by atoms with E-state index in [1.807, 2.05) is 49.2 Å². The fourth-order valence-electron chi connectivity index (χ4n) is 2.93. The van der Waals surface area contributed by atoms with Crippen LogP contribution in [-0.4, -0.2) is 38.3 Å². The van der Waals surface area contributed by atoms with Gasteiger partial charge in [0.15, 0.2) is 11.5 Å². The Morgan fingerprint density at radius 1 is 1.19 bits per heavy atom. The lowest BCUT2D eigenvalue weighted by atomic mass is 10.1. The molecule has 6 heteroatoms. The molecule has 0 atom stereocenters. The first-order valence-corrected chi connectivity index (χ1v) is 8.52. The van der Waals surface area contributed by atoms with Crippen molar-refractivity contribution >= 4 is 5.91 Å². The van der Waals surface area contributed by atoms with Gasteiger partial charge >= 0.3 is 0 Å². The molecule has 138 valence electrons. The molecule has 26 heavy (non-hydrogen) atoms. The van der Waals surface area contributed by atoms with E-state index in [9.17, 15) is 4.79 Å². The molecule has 1 aliphatic rings. The second-order valence-electron chi connectivity index (χ2n) is 6.45. The van der Waals surface area contributed by atoms with E-state index in [1.165, 1.54) is 5.56 Å². The van der Waals surface area contributed by atoms with E-state index in [1.54, 1.807) is 7.11 Å². The summed E-state index contributed by atoms with van der Waals surface area (Å²) in [5, 5.41) is 2.94. The van der Waals surface area contributed by atoms with Crippen LogP contribution in [0.1, 0.15) is 16.7 Å². The molecule has 1 amide bonds. The van der Waals surface area contributed by atoms with Gasteiger partial charge in [-0.1, -0.05) is 23.8 Å². The van der Waals surface area contributed by atoms with Crippen molar-refractivity contribution in [2.75, 3.05) is 27.5 Å². The third-order valence-electron chi connectivity index (χ3n) is 4.22. The van der Waals surface area contributed by atoms with E-state index in [0.717, 1.165) is 28.4 Å². The Labute approximate surface area is 153 Å². The Morgan fingerprint density at radius 3 is 2.81 bits per heavy atom. The van der Waals surface area contributed by atoms with Crippen LogP contribution in [0.25, 0.3) is 0 Å². The third kappa shape index (κ3) is 4.46. The maximum absolute atomic E-state index is 12.2. The van der Waals surface area contributed by atoms with Gasteiger partial charge in [0.2, 0.25) is 12.7 Å². The van der Waals surface area contributed by atoms with Crippen LogP contribution in [-0.2, 0) is 17.9 Å². The molecule has 0 saturated carbocycles. The lowest BCUT2D eigenvalue weighted by Crippen LogP contribution is -2.34. The predicted octanol–water partition coefficient (Wildman–Crippen LogP) is 2.48. The van der Waals surface area contributed by atoms with E-state index < -0.39 is 0 Å². The molecule has 2 aromatic carbocycles. The van der Waals surface area contributed by atoms with Gasteiger partial charge in [0, 0.05) is 18.7 Å². The highest BCUT2D eigenvalue weighted by atomic mass is 16.7. The zero-order valence-electron chi connectivity index (χ0n) is 15.4. The number of carbonyl (C=O) groups excluding carboxylic acids is 1. The molecule has 0 radical (unpaired) electrons. The molecular weight excluding hydrogens is 332 g/mol. The molecule has 0 bridgehead atoms. The summed E-state index contributed by atoms with van der Waals surface area (Å²) in [7, 11) is 3.58. The molecule has 0 saturated heterocycles. The molecule has 0 aliphatic carbocycles. The van der Waals surface area contributed by atoms with Crippen molar-refractivity contribution in [2.45, 2.75) is 20.0 Å². The van der Waals surface area contributed by atoms with Gasteiger partial charge in [0.1, 0.15) is 5.75 Å². The smallest absolute Gasteiger partial charge is 0.234 e. The summed E-state index contributed by atoms with van der Waals surface area (Å²) < 4.78 is 16.0. The quantitative estimate of drug-likeness (QED) is 0.826. The van der Waals surface area contributed by atoms with Crippen LogP contribution in [0, 0.1) is 6.92 Å². The summed E-state index contributed by atoms with van der Waals surface area (Å²) in [5.74, 6) is 2.27. The number of fused-ring (bicyclic) bond motifs is 1. The van der Waals surface area contributed by atoms with Gasteiger partial charge in [0.25, 0.3) is 0 Å². The number of carbonyl (C=O) groups is 1. The highest BCUT2D eigenvalue weighted by Gasteiger charge is 2.14. The van der Waals surface area contributed by atoms with Crippen LogP contribution >= 0.6 is 0 Å². The molecular formula is C20H24N2O4. The second kappa shape index (κ2) is 8.10. The predicted molar refractivity (Wildman–Crippen MR) is 98.5 cm³/mol. The molecule has 6 nitrogen and oxygen atoms in total. The minimum absolute atomic E-state index is 0.0308. The average Bonchev–Trinajstić information content (AvgIpc) is 3.08. The van der Waals surface area contributed by atoms with Crippen LogP contribution in [0.5, 0.6) is 17.2 Å². The monoisotopic (exact) mass is 356 g/mol. The maximum Gasteiger partial charge on any atom is 0.234 e. The molecule has 1 N–H and O–H groups in total. The van der Waals surface area contributed by atoms with E-state index in [2.05, 4.69) is 11.4 Å². The van der Waals surface area contributed by atoms with Crippen molar-refractivity contribution in [2.24, 2.45) is 0 Å². The zero-order chi connectivity index (χ0) is 18.5. The summed E-state index contributed by atoms with van der Waals surface area (Å²) >= 11 is 0. The van der Waals surface area contributed by atoms with Gasteiger partial charge in [0.05, 0.1) is 13.7 Å². The first-order chi connectivity index (χ1) is 12.5. The maximum atomic E-state index is 12.2. The summed E-state index contributed by atoms with van der Waals surface area (Å²) in [4.78, 5) is 14.2. The number of ether oxygens (including phenoxy) is 3. The first kappa shape index (κ1) is 18.1. The van der Waals surface area contributed by atoms with Crippen LogP contribution in [0.4, 0.5) is 0 Å². The van der Waals surface area contributed by atoms with Gasteiger partial charge in [-0.25, -0.2) is 0 Å². The number of nitrogens with one attached hydrogen (secondary N) is 1. The van der Waals surface area contributed by atoms with E-state index in [4.69, 9.17) is 14.2 Å². The minimum Gasteiger partial charge on any atom is -0.496 e. The Balaban J connectivity index is 1.51. The van der Waals surface area contributed by atoms with Crippen molar-refractivity contribution in [3.63, 3.8) is 0 Å². The lowest BCUT2D eigenvalue weighted by molar-refractivity contribution is -0.122. The number of hydrogen-bond acceptors (Lipinski definition) is 5. The minimum atomic E-state index is -0.0308. The Kier molecular flexibility index (Phi) is 5.63. The van der Waals surface area contributed by atoms with Gasteiger partial charge in [-0.15, -0.1) is 0 Å². The van der Waals surface area contributed by atoms with E-state index in [0.29, 0.717) is 19.6 Å². The number of methoxy groups -OCH3 is 1. The largest absolute Gasteiger partial charge is 0.496 e. The summed E-state index contributed by atoms with van der Waals surface area (Å²) in [6.45, 7) is 3.69. The first-order valence-electron chi connectivity index (χ1n) is 8.52. The summed E-state index contributed by atoms with van der Waals surface area (Å²) in [5.41, 5.74) is 3.21. The number of aryl methyl sites for hydroxylation is 1. The average molecular weight is 356 g/mol. The van der Waals surface area contributed by atoms with E-state index >= 15 is 0 Å². The third-order valence-corrected chi connectivity index (χ3v) is 4.22. The normalized spacial score (nSPS) is 12.3. The van der Waals surface area contributed by atoms with Crippen molar-refractivity contribution < 1.29 is 19.0 Å². The lowest BCUT2D eigenvalue weighted by Gasteiger charge is -2.18. The van der Waals surface area contributed by atoms with Crippen molar-refractivity contribution in [1.82, 2.24) is 10.2 Å². The standard InChI is InChI=1S/C20H24N2O4/c1-14-4-6-17(24-3)16(8-14)11-22(2)12-20(23)21-10-15-5-7-18-19(9-15)26-13-25-18/h4-9H,10-13H2,1-3H3,(H,21,23). The van der Waals surface area contributed by atoms with Gasteiger partial charge < -0.3 is 19.5 Å².